The minimum Gasteiger partial charge on any atom is -0.382 e. The van der Waals surface area contributed by atoms with E-state index in [9.17, 15) is 4.79 Å². The number of fused-ring (bicyclic) bond motifs is 1. The van der Waals surface area contributed by atoms with Gasteiger partial charge in [-0.15, -0.1) is 23.7 Å². The minimum atomic E-state index is 0. The topological polar surface area (TPSA) is 48.5 Å². The zero-order valence-corrected chi connectivity index (χ0v) is 14.9. The van der Waals surface area contributed by atoms with E-state index >= 15 is 0 Å². The van der Waals surface area contributed by atoms with Crippen molar-refractivity contribution in [2.24, 2.45) is 0 Å². The van der Waals surface area contributed by atoms with Gasteiger partial charge in [-0.1, -0.05) is 12.1 Å². The van der Waals surface area contributed by atoms with Crippen molar-refractivity contribution in [3.05, 3.63) is 35.3 Å². The lowest BCUT2D eigenvalue weighted by Gasteiger charge is -2.31. The summed E-state index contributed by atoms with van der Waals surface area (Å²) in [6.07, 6.45) is 0. The molecule has 1 amide bonds. The molecular weight excluding hydrogens is 332 g/mol. The number of aromatic nitrogens is 1. The zero-order valence-electron chi connectivity index (χ0n) is 13.3. The highest BCUT2D eigenvalue weighted by molar-refractivity contribution is 7.14. The molecule has 0 bridgehead atoms. The van der Waals surface area contributed by atoms with E-state index in [0.717, 1.165) is 30.5 Å². The van der Waals surface area contributed by atoms with Crippen molar-refractivity contribution in [1.82, 2.24) is 4.98 Å². The van der Waals surface area contributed by atoms with Gasteiger partial charge in [0.25, 0.3) is 0 Å². The van der Waals surface area contributed by atoms with Gasteiger partial charge in [-0.25, -0.2) is 4.98 Å². The Kier molecular flexibility index (Phi) is 5.85. The summed E-state index contributed by atoms with van der Waals surface area (Å²) in [4.78, 5) is 20.3. The second kappa shape index (κ2) is 7.66. The molecule has 3 rings (SSSR count). The lowest BCUT2D eigenvalue weighted by molar-refractivity contribution is -0.116. The highest BCUT2D eigenvalue weighted by Crippen LogP contribution is 2.30. The van der Waals surface area contributed by atoms with Gasteiger partial charge in [0.1, 0.15) is 0 Å². The van der Waals surface area contributed by atoms with E-state index in [1.807, 2.05) is 18.4 Å². The maximum Gasteiger partial charge on any atom is 0.225 e. The number of rotatable bonds is 4. The molecule has 0 radical (unpaired) electrons. The fourth-order valence-electron chi connectivity index (χ4n) is 2.69. The molecule has 7 heteroatoms. The van der Waals surface area contributed by atoms with E-state index in [2.05, 4.69) is 33.4 Å². The van der Waals surface area contributed by atoms with Gasteiger partial charge in [0.2, 0.25) is 5.91 Å². The van der Waals surface area contributed by atoms with E-state index in [1.54, 1.807) is 11.8 Å². The van der Waals surface area contributed by atoms with Crippen LogP contribution in [0.25, 0.3) is 0 Å². The van der Waals surface area contributed by atoms with Crippen molar-refractivity contribution >= 4 is 46.2 Å². The van der Waals surface area contributed by atoms with Crippen LogP contribution >= 0.6 is 23.7 Å². The summed E-state index contributed by atoms with van der Waals surface area (Å²) in [5, 5.41) is 6.25. The number of anilines is 3. The van der Waals surface area contributed by atoms with Crippen molar-refractivity contribution < 1.29 is 4.79 Å². The normalized spacial score (nSPS) is 12.9. The Morgan fingerprint density at radius 2 is 2.22 bits per heavy atom. The number of amides is 1. The number of nitrogens with one attached hydrogen (secondary N) is 1. The first-order chi connectivity index (χ1) is 10.7. The molecular formula is C16H21ClN4OS. The summed E-state index contributed by atoms with van der Waals surface area (Å²) < 4.78 is 0. The molecule has 5 nitrogen and oxygen atoms in total. The molecule has 1 N–H and O–H groups in total. The molecule has 2 aromatic rings. The second-order valence-corrected chi connectivity index (χ2v) is 6.09. The van der Waals surface area contributed by atoms with Crippen molar-refractivity contribution in [2.75, 3.05) is 34.8 Å². The predicted molar refractivity (Wildman–Crippen MR) is 99.0 cm³/mol. The van der Waals surface area contributed by atoms with Gasteiger partial charge >= 0.3 is 0 Å². The van der Waals surface area contributed by atoms with Crippen molar-refractivity contribution in [3.63, 3.8) is 0 Å². The van der Waals surface area contributed by atoms with Crippen molar-refractivity contribution in [2.45, 2.75) is 20.4 Å². The molecule has 0 saturated heterocycles. The first-order valence-electron chi connectivity index (χ1n) is 7.49. The standard InChI is InChI=1S/C16H20N4OS.ClH/c1-3-20(12(2)21)16-18-13(11-22-16)10-19-9-8-17-14-6-4-5-7-15(14)19;/h4-7,11,17H,3,8-10H2,1-2H3;1H. The molecule has 124 valence electrons. The quantitative estimate of drug-likeness (QED) is 0.916. The lowest BCUT2D eigenvalue weighted by atomic mass is 10.2. The van der Waals surface area contributed by atoms with E-state index in [0.29, 0.717) is 6.54 Å². The first kappa shape index (κ1) is 17.6. The Morgan fingerprint density at radius 3 is 2.96 bits per heavy atom. The van der Waals surface area contributed by atoms with Crippen LogP contribution in [0, 0.1) is 0 Å². The second-order valence-electron chi connectivity index (χ2n) is 5.25. The molecule has 1 aromatic heterocycles. The van der Waals surface area contributed by atoms with Gasteiger partial charge in [0.15, 0.2) is 5.13 Å². The van der Waals surface area contributed by atoms with Crippen LogP contribution in [0.3, 0.4) is 0 Å². The number of hydrogen-bond acceptors (Lipinski definition) is 5. The molecule has 0 fully saturated rings. The predicted octanol–water partition coefficient (Wildman–Crippen LogP) is 3.37. The number of halogens is 1. The maximum absolute atomic E-state index is 11.6. The average Bonchev–Trinajstić information content (AvgIpc) is 2.96. The Labute approximate surface area is 146 Å². The smallest absolute Gasteiger partial charge is 0.225 e. The Bertz CT molecular complexity index is 676. The lowest BCUT2D eigenvalue weighted by Crippen LogP contribution is -2.33. The Hall–Kier alpha value is -1.79. The van der Waals surface area contributed by atoms with Gasteiger partial charge in [0, 0.05) is 31.9 Å². The minimum absolute atomic E-state index is 0. The van der Waals surface area contributed by atoms with Crippen LogP contribution in [-0.4, -0.2) is 30.5 Å². The molecule has 0 aliphatic carbocycles. The molecule has 0 saturated carbocycles. The fourth-order valence-corrected chi connectivity index (χ4v) is 3.61. The van der Waals surface area contributed by atoms with Gasteiger partial charge in [-0.2, -0.15) is 0 Å². The molecule has 0 spiro atoms. The number of carbonyl (C=O) groups excluding carboxylic acids is 1. The summed E-state index contributed by atoms with van der Waals surface area (Å²) in [5.74, 6) is 0.0379. The van der Waals surface area contributed by atoms with Gasteiger partial charge in [0.05, 0.1) is 23.6 Å². The van der Waals surface area contributed by atoms with Crippen LogP contribution in [0.1, 0.15) is 19.5 Å². The van der Waals surface area contributed by atoms with Crippen LogP contribution in [0.15, 0.2) is 29.6 Å². The van der Waals surface area contributed by atoms with E-state index in [1.165, 1.54) is 22.7 Å². The molecule has 2 heterocycles. The number of carbonyl (C=O) groups is 1. The van der Waals surface area contributed by atoms with Gasteiger partial charge in [-0.05, 0) is 19.1 Å². The summed E-state index contributed by atoms with van der Waals surface area (Å²) in [6.45, 7) is 6.85. The van der Waals surface area contributed by atoms with Crippen LogP contribution in [0.4, 0.5) is 16.5 Å². The van der Waals surface area contributed by atoms with Crippen molar-refractivity contribution in [3.8, 4) is 0 Å². The average molecular weight is 353 g/mol. The highest BCUT2D eigenvalue weighted by atomic mass is 35.5. The Morgan fingerprint density at radius 1 is 1.43 bits per heavy atom. The van der Waals surface area contributed by atoms with Crippen LogP contribution in [-0.2, 0) is 11.3 Å². The molecule has 1 aliphatic rings. The molecule has 0 unspecified atom stereocenters. The molecule has 23 heavy (non-hydrogen) atoms. The van der Waals surface area contributed by atoms with E-state index in [-0.39, 0.29) is 18.3 Å². The number of benzene rings is 1. The van der Waals surface area contributed by atoms with Gasteiger partial charge < -0.3 is 10.2 Å². The summed E-state index contributed by atoms with van der Waals surface area (Å²) in [6, 6.07) is 8.33. The molecule has 1 aliphatic heterocycles. The summed E-state index contributed by atoms with van der Waals surface area (Å²) in [5.41, 5.74) is 3.39. The van der Waals surface area contributed by atoms with Crippen LogP contribution in [0.5, 0.6) is 0 Å². The monoisotopic (exact) mass is 352 g/mol. The highest BCUT2D eigenvalue weighted by Gasteiger charge is 2.18. The third kappa shape index (κ3) is 3.76. The fraction of sp³-hybridized carbons (Fsp3) is 0.375. The summed E-state index contributed by atoms with van der Waals surface area (Å²) in [7, 11) is 0. The molecule has 1 aromatic carbocycles. The SMILES string of the molecule is CCN(C(C)=O)c1nc(CN2CCNc3ccccc32)cs1.Cl. The number of thiazole rings is 1. The van der Waals surface area contributed by atoms with Crippen molar-refractivity contribution in [1.29, 1.82) is 0 Å². The molecule has 0 atom stereocenters. The first-order valence-corrected chi connectivity index (χ1v) is 8.37. The third-order valence-electron chi connectivity index (χ3n) is 3.76. The number of hydrogen-bond donors (Lipinski definition) is 1. The number of para-hydroxylation sites is 2. The zero-order chi connectivity index (χ0) is 15.5. The van der Waals surface area contributed by atoms with E-state index < -0.39 is 0 Å². The third-order valence-corrected chi connectivity index (χ3v) is 4.67. The van der Waals surface area contributed by atoms with E-state index in [4.69, 9.17) is 0 Å². The van der Waals surface area contributed by atoms with Gasteiger partial charge in [-0.3, -0.25) is 9.69 Å². The largest absolute Gasteiger partial charge is 0.382 e. The number of nitrogens with zero attached hydrogens (tertiary/aromatic N) is 3. The van der Waals surface area contributed by atoms with Crippen LogP contribution in [0.2, 0.25) is 0 Å². The summed E-state index contributed by atoms with van der Waals surface area (Å²) >= 11 is 1.53. The van der Waals surface area contributed by atoms with Crippen LogP contribution < -0.4 is 15.1 Å². The Balaban J connectivity index is 0.00000192. The maximum atomic E-state index is 11.6.